The molecule has 1 fully saturated rings. The molecule has 52 valence electrons. The molecule has 1 heterocycles. The van der Waals surface area contributed by atoms with E-state index in [0.717, 1.165) is 0 Å². The molecule has 0 unspecified atom stereocenters. The van der Waals surface area contributed by atoms with Gasteiger partial charge < -0.3 is 9.47 Å². The molecule has 3 heteroatoms. The molecule has 10 heavy (non-hydrogen) atoms. The van der Waals surface area contributed by atoms with Gasteiger partial charge >= 0.3 is 6.16 Å². The molecule has 1 aliphatic rings. The number of rotatable bonds is 0. The van der Waals surface area contributed by atoms with Crippen molar-refractivity contribution in [2.45, 2.75) is 0 Å². The van der Waals surface area contributed by atoms with Crippen LogP contribution in [0, 0.1) is 0 Å². The molecule has 1 aliphatic heterocycles. The number of carbonyl (C=O) groups is 1. The molecule has 0 aromatic carbocycles. The van der Waals surface area contributed by atoms with Crippen LogP contribution in [0.5, 0.6) is 0 Å². The van der Waals surface area contributed by atoms with Crippen molar-refractivity contribution in [2.75, 3.05) is 0 Å². The quantitative estimate of drug-likeness (QED) is 0.478. The van der Waals surface area contributed by atoms with Crippen molar-refractivity contribution in [1.82, 2.24) is 0 Å². The molecule has 0 amide bonds. The van der Waals surface area contributed by atoms with Crippen LogP contribution in [0.3, 0.4) is 0 Å². The van der Waals surface area contributed by atoms with Crippen molar-refractivity contribution < 1.29 is 14.3 Å². The standard InChI is InChI=1S/C7H6O3/c1-4-5(2)9-7(8)10-6(4)3/h1-3H2. The minimum absolute atomic E-state index is 0.196. The summed E-state index contributed by atoms with van der Waals surface area (Å²) in [6, 6.07) is 0. The van der Waals surface area contributed by atoms with E-state index in [1.807, 2.05) is 0 Å². The lowest BCUT2D eigenvalue weighted by Crippen LogP contribution is -2.15. The van der Waals surface area contributed by atoms with Crippen LogP contribution >= 0.6 is 0 Å². The van der Waals surface area contributed by atoms with Crippen LogP contribution in [0.2, 0.25) is 0 Å². The number of hydrogen-bond donors (Lipinski definition) is 0. The van der Waals surface area contributed by atoms with Gasteiger partial charge in [0.25, 0.3) is 0 Å². The molecule has 0 atom stereocenters. The summed E-state index contributed by atoms with van der Waals surface area (Å²) in [6.07, 6.45) is -0.803. The highest BCUT2D eigenvalue weighted by atomic mass is 16.7. The highest BCUT2D eigenvalue weighted by Gasteiger charge is 2.21. The van der Waals surface area contributed by atoms with E-state index in [4.69, 9.17) is 0 Å². The van der Waals surface area contributed by atoms with Gasteiger partial charge in [0, 0.05) is 0 Å². The van der Waals surface area contributed by atoms with Gasteiger partial charge in [0.1, 0.15) is 11.5 Å². The lowest BCUT2D eigenvalue weighted by Gasteiger charge is -2.16. The van der Waals surface area contributed by atoms with Crippen molar-refractivity contribution >= 4 is 6.16 Å². The molecule has 0 aromatic heterocycles. The van der Waals surface area contributed by atoms with Gasteiger partial charge in [-0.1, -0.05) is 19.7 Å². The first-order valence-corrected chi connectivity index (χ1v) is 2.58. The molecule has 1 saturated heterocycles. The van der Waals surface area contributed by atoms with Crippen LogP contribution in [-0.2, 0) is 9.47 Å². The first kappa shape index (κ1) is 6.61. The summed E-state index contributed by atoms with van der Waals surface area (Å²) in [5.41, 5.74) is 0.416. The number of carbonyl (C=O) groups excluding carboxylic acids is 1. The maximum Gasteiger partial charge on any atom is 0.519 e. The Labute approximate surface area is 58.2 Å². The summed E-state index contributed by atoms with van der Waals surface area (Å²) in [7, 11) is 0. The van der Waals surface area contributed by atoms with Gasteiger partial charge in [0.2, 0.25) is 0 Å². The minimum Gasteiger partial charge on any atom is -0.395 e. The molecular formula is C7H6O3. The third-order valence-electron chi connectivity index (χ3n) is 1.09. The predicted octanol–water partition coefficient (Wildman–Crippen LogP) is 1.74. The fraction of sp³-hybridized carbons (Fsp3) is 0. The smallest absolute Gasteiger partial charge is 0.395 e. The Morgan fingerprint density at radius 1 is 1.00 bits per heavy atom. The van der Waals surface area contributed by atoms with Crippen molar-refractivity contribution in [2.24, 2.45) is 0 Å². The van der Waals surface area contributed by atoms with Gasteiger partial charge in [0.05, 0.1) is 5.57 Å². The van der Waals surface area contributed by atoms with Crippen LogP contribution < -0.4 is 0 Å². The Balaban J connectivity index is 2.86. The van der Waals surface area contributed by atoms with Gasteiger partial charge in [-0.05, 0) is 0 Å². The molecule has 0 aliphatic carbocycles. The normalized spacial score (nSPS) is 18.4. The largest absolute Gasteiger partial charge is 0.519 e. The van der Waals surface area contributed by atoms with E-state index in [9.17, 15) is 4.79 Å². The average molecular weight is 138 g/mol. The zero-order valence-corrected chi connectivity index (χ0v) is 5.35. The lowest BCUT2D eigenvalue weighted by molar-refractivity contribution is 0.0930. The van der Waals surface area contributed by atoms with Crippen molar-refractivity contribution in [3.63, 3.8) is 0 Å². The topological polar surface area (TPSA) is 35.5 Å². The summed E-state index contributed by atoms with van der Waals surface area (Å²) in [6.45, 7) is 10.3. The first-order chi connectivity index (χ1) is 4.61. The third-order valence-corrected chi connectivity index (χ3v) is 1.09. The summed E-state index contributed by atoms with van der Waals surface area (Å²) >= 11 is 0. The van der Waals surface area contributed by atoms with Crippen molar-refractivity contribution in [3.8, 4) is 0 Å². The summed E-state index contributed by atoms with van der Waals surface area (Å²) in [4.78, 5) is 10.4. The Kier molecular flexibility index (Phi) is 1.34. The van der Waals surface area contributed by atoms with Crippen LogP contribution in [-0.4, -0.2) is 6.16 Å². The van der Waals surface area contributed by atoms with Crippen LogP contribution in [0.4, 0.5) is 4.79 Å². The maximum atomic E-state index is 10.4. The summed E-state index contributed by atoms with van der Waals surface area (Å²) in [5, 5.41) is 0. The van der Waals surface area contributed by atoms with Crippen LogP contribution in [0.25, 0.3) is 0 Å². The third kappa shape index (κ3) is 0.932. The fourth-order valence-corrected chi connectivity index (χ4v) is 0.501. The van der Waals surface area contributed by atoms with Gasteiger partial charge in [-0.25, -0.2) is 4.79 Å². The lowest BCUT2D eigenvalue weighted by atomic mass is 10.2. The molecule has 0 radical (unpaired) electrons. The Hall–Kier alpha value is -1.51. The highest BCUT2D eigenvalue weighted by molar-refractivity contribution is 5.68. The highest BCUT2D eigenvalue weighted by Crippen LogP contribution is 2.22. The minimum atomic E-state index is -0.803. The zero-order valence-electron chi connectivity index (χ0n) is 5.35. The number of hydrogen-bond acceptors (Lipinski definition) is 3. The summed E-state index contributed by atoms with van der Waals surface area (Å²) < 4.78 is 8.91. The van der Waals surface area contributed by atoms with Gasteiger partial charge in [0.15, 0.2) is 0 Å². The van der Waals surface area contributed by atoms with E-state index < -0.39 is 6.16 Å². The molecule has 0 N–H and O–H groups in total. The first-order valence-electron chi connectivity index (χ1n) is 2.58. The van der Waals surface area contributed by atoms with Gasteiger partial charge in [-0.15, -0.1) is 0 Å². The Bertz CT molecular complexity index is 215. The Morgan fingerprint density at radius 2 is 1.40 bits per heavy atom. The SMILES string of the molecule is C=C1OC(=O)OC(=C)C1=C. The number of cyclic esters (lactones) is 2. The maximum absolute atomic E-state index is 10.4. The molecule has 3 nitrogen and oxygen atoms in total. The second-order valence-corrected chi connectivity index (χ2v) is 1.78. The molecule has 0 saturated carbocycles. The van der Waals surface area contributed by atoms with E-state index in [2.05, 4.69) is 29.2 Å². The molecular weight excluding hydrogens is 132 g/mol. The second kappa shape index (κ2) is 2.02. The number of ether oxygens (including phenoxy) is 2. The molecule has 0 bridgehead atoms. The van der Waals surface area contributed by atoms with E-state index >= 15 is 0 Å². The monoisotopic (exact) mass is 138 g/mol. The fourth-order valence-electron chi connectivity index (χ4n) is 0.501. The molecule has 0 spiro atoms. The second-order valence-electron chi connectivity index (χ2n) is 1.78. The van der Waals surface area contributed by atoms with Crippen LogP contribution in [0.1, 0.15) is 0 Å². The average Bonchev–Trinajstić information content (AvgIpc) is 1.82. The van der Waals surface area contributed by atoms with Gasteiger partial charge in [-0.3, -0.25) is 0 Å². The Morgan fingerprint density at radius 3 is 1.80 bits per heavy atom. The van der Waals surface area contributed by atoms with E-state index in [-0.39, 0.29) is 11.5 Å². The zero-order chi connectivity index (χ0) is 7.72. The van der Waals surface area contributed by atoms with E-state index in [1.54, 1.807) is 0 Å². The van der Waals surface area contributed by atoms with E-state index in [0.29, 0.717) is 5.57 Å². The molecule has 1 rings (SSSR count). The van der Waals surface area contributed by atoms with E-state index in [1.165, 1.54) is 0 Å². The van der Waals surface area contributed by atoms with Crippen molar-refractivity contribution in [3.05, 3.63) is 36.8 Å². The van der Waals surface area contributed by atoms with Gasteiger partial charge in [-0.2, -0.15) is 0 Å². The predicted molar refractivity (Wildman–Crippen MR) is 35.0 cm³/mol. The molecule has 0 aromatic rings. The van der Waals surface area contributed by atoms with Crippen LogP contribution in [0.15, 0.2) is 36.8 Å². The van der Waals surface area contributed by atoms with Crippen molar-refractivity contribution in [1.29, 1.82) is 0 Å². The summed E-state index contributed by atoms with van der Waals surface area (Å²) in [5.74, 6) is 0.391.